The zero-order valence-electron chi connectivity index (χ0n) is 20.2. The van der Waals surface area contributed by atoms with Crippen LogP contribution < -0.4 is 10.1 Å². The Morgan fingerprint density at radius 3 is 2.43 bits per heavy atom. The first kappa shape index (κ1) is 22.6. The van der Waals surface area contributed by atoms with Gasteiger partial charge in [0.2, 0.25) is 0 Å². The number of hydrogen-bond donors (Lipinski definition) is 1. The number of benzene rings is 2. The molecule has 7 nitrogen and oxygen atoms in total. The Kier molecular flexibility index (Phi) is 5.94. The number of halogens is 1. The van der Waals surface area contributed by atoms with Gasteiger partial charge in [-0.2, -0.15) is 0 Å². The number of ether oxygens (including phenoxy) is 1. The highest BCUT2D eigenvalue weighted by atomic mass is 19.1. The molecule has 2 aromatic carbocycles. The van der Waals surface area contributed by atoms with Gasteiger partial charge in [-0.05, 0) is 26.0 Å². The maximum Gasteiger partial charge on any atom is 0.139 e. The van der Waals surface area contributed by atoms with Crippen molar-refractivity contribution in [3.05, 3.63) is 78.3 Å². The number of fused-ring (bicyclic) bond motifs is 1. The van der Waals surface area contributed by atoms with E-state index in [0.29, 0.717) is 18.8 Å². The first-order valence-corrected chi connectivity index (χ1v) is 11.4. The number of hydrogen-bond acceptors (Lipinski definition) is 5. The third-order valence-electron chi connectivity index (χ3n) is 6.34. The molecular weight excluding hydrogens is 443 g/mol. The lowest BCUT2D eigenvalue weighted by atomic mass is 10.1. The van der Waals surface area contributed by atoms with Gasteiger partial charge in [-0.3, -0.25) is 0 Å². The van der Waals surface area contributed by atoms with Crippen LogP contribution in [0.25, 0.3) is 33.5 Å². The summed E-state index contributed by atoms with van der Waals surface area (Å²) < 4.78 is 23.6. The van der Waals surface area contributed by atoms with Crippen LogP contribution in [0, 0.1) is 19.7 Å². The van der Waals surface area contributed by atoms with Crippen molar-refractivity contribution in [3.8, 4) is 28.4 Å². The van der Waals surface area contributed by atoms with Gasteiger partial charge in [-0.25, -0.2) is 19.3 Å². The summed E-state index contributed by atoms with van der Waals surface area (Å²) in [6, 6.07) is 15.1. The molecule has 5 rings (SSSR count). The van der Waals surface area contributed by atoms with Crippen LogP contribution in [0.2, 0.25) is 0 Å². The lowest BCUT2D eigenvalue weighted by molar-refractivity contribution is 0.416. The first-order chi connectivity index (χ1) is 16.9. The van der Waals surface area contributed by atoms with Crippen LogP contribution in [-0.4, -0.2) is 37.7 Å². The minimum absolute atomic E-state index is 0.314. The van der Waals surface area contributed by atoms with Gasteiger partial charge in [-0.1, -0.05) is 24.3 Å². The van der Waals surface area contributed by atoms with Crippen LogP contribution in [0.1, 0.15) is 11.4 Å². The van der Waals surface area contributed by atoms with E-state index in [1.807, 2.05) is 51.4 Å². The van der Waals surface area contributed by atoms with Crippen molar-refractivity contribution in [2.45, 2.75) is 20.4 Å². The topological polar surface area (TPSA) is 69.8 Å². The summed E-state index contributed by atoms with van der Waals surface area (Å²) in [5, 5.41) is 4.27. The van der Waals surface area contributed by atoms with E-state index in [-0.39, 0.29) is 5.82 Å². The van der Waals surface area contributed by atoms with E-state index in [9.17, 15) is 4.39 Å². The number of imidazole rings is 1. The Labute approximate surface area is 203 Å². The smallest absolute Gasteiger partial charge is 0.139 e. The highest BCUT2D eigenvalue weighted by Gasteiger charge is 2.12. The third kappa shape index (κ3) is 4.35. The Morgan fingerprint density at radius 1 is 0.943 bits per heavy atom. The second-order valence-electron chi connectivity index (χ2n) is 8.55. The molecule has 0 aliphatic rings. The maximum atomic E-state index is 14.1. The second kappa shape index (κ2) is 9.21. The second-order valence-corrected chi connectivity index (χ2v) is 8.55. The molecule has 0 radical (unpaired) electrons. The maximum absolute atomic E-state index is 14.1. The molecule has 35 heavy (non-hydrogen) atoms. The molecule has 0 amide bonds. The number of methoxy groups -OCH3 is 1. The summed E-state index contributed by atoms with van der Waals surface area (Å²) in [7, 11) is 3.57. The molecular formula is C27H27FN6O. The Hall–Kier alpha value is -4.20. The minimum Gasteiger partial charge on any atom is -0.496 e. The van der Waals surface area contributed by atoms with Gasteiger partial charge >= 0.3 is 0 Å². The van der Waals surface area contributed by atoms with E-state index < -0.39 is 0 Å². The molecule has 0 aliphatic carbocycles. The van der Waals surface area contributed by atoms with Crippen molar-refractivity contribution in [2.75, 3.05) is 19.0 Å². The van der Waals surface area contributed by atoms with Crippen LogP contribution in [-0.2, 0) is 13.6 Å². The van der Waals surface area contributed by atoms with Gasteiger partial charge in [-0.15, -0.1) is 0 Å². The molecule has 3 aromatic heterocycles. The Morgan fingerprint density at radius 2 is 1.71 bits per heavy atom. The quantitative estimate of drug-likeness (QED) is 0.346. The van der Waals surface area contributed by atoms with Gasteiger partial charge in [0.1, 0.15) is 29.5 Å². The number of nitrogens with zero attached hydrogens (tertiary/aromatic N) is 5. The SMILES string of the molecule is COc1cc(F)cc2c1cc(C)n2CCNc1cc(-c2ccc(-c3ncc(C)n3C)cc2)ncn1. The summed E-state index contributed by atoms with van der Waals surface area (Å²) in [4.78, 5) is 13.3. The molecule has 3 heterocycles. The molecule has 0 saturated heterocycles. The molecule has 0 fully saturated rings. The predicted molar refractivity (Wildman–Crippen MR) is 136 cm³/mol. The predicted octanol–water partition coefficient (Wildman–Crippen LogP) is 5.38. The summed E-state index contributed by atoms with van der Waals surface area (Å²) in [6.45, 7) is 5.32. The molecule has 0 atom stereocenters. The lowest BCUT2D eigenvalue weighted by Crippen LogP contribution is -2.12. The van der Waals surface area contributed by atoms with Crippen LogP contribution >= 0.6 is 0 Å². The van der Waals surface area contributed by atoms with Crippen LogP contribution in [0.3, 0.4) is 0 Å². The van der Waals surface area contributed by atoms with E-state index in [1.54, 1.807) is 19.5 Å². The van der Waals surface area contributed by atoms with E-state index in [0.717, 1.165) is 50.8 Å². The molecule has 0 aliphatic heterocycles. The van der Waals surface area contributed by atoms with Crippen molar-refractivity contribution in [3.63, 3.8) is 0 Å². The Balaban J connectivity index is 1.30. The standard InChI is InChI=1S/C27H27FN6O/c1-17-11-22-24(12-21(28)13-25(22)35-4)34(17)10-9-29-26-14-23(31-16-32-26)19-5-7-20(8-6-19)27-30-15-18(2)33(27)3/h5-8,11-16H,9-10H2,1-4H3,(H,29,31,32). The monoisotopic (exact) mass is 470 g/mol. The van der Waals surface area contributed by atoms with Crippen molar-refractivity contribution in [1.29, 1.82) is 0 Å². The highest BCUT2D eigenvalue weighted by molar-refractivity contribution is 5.87. The fourth-order valence-corrected chi connectivity index (χ4v) is 4.35. The van der Waals surface area contributed by atoms with Gasteiger partial charge in [0.05, 0.1) is 18.3 Å². The first-order valence-electron chi connectivity index (χ1n) is 11.4. The van der Waals surface area contributed by atoms with E-state index in [4.69, 9.17) is 4.74 Å². The highest BCUT2D eigenvalue weighted by Crippen LogP contribution is 2.30. The van der Waals surface area contributed by atoms with E-state index in [2.05, 4.69) is 41.5 Å². The molecule has 0 spiro atoms. The summed E-state index contributed by atoms with van der Waals surface area (Å²) in [6.07, 6.45) is 3.43. The van der Waals surface area contributed by atoms with Gasteiger partial charge in [0, 0.05) is 66.4 Å². The number of aryl methyl sites for hydroxylation is 2. The summed E-state index contributed by atoms with van der Waals surface area (Å²) in [5.74, 6) is 1.89. The fourth-order valence-electron chi connectivity index (χ4n) is 4.35. The summed E-state index contributed by atoms with van der Waals surface area (Å²) in [5.41, 5.74) is 5.85. The minimum atomic E-state index is -0.314. The zero-order valence-corrected chi connectivity index (χ0v) is 20.2. The molecule has 0 bridgehead atoms. The van der Waals surface area contributed by atoms with Crippen LogP contribution in [0.4, 0.5) is 10.2 Å². The fraction of sp³-hybridized carbons (Fsp3) is 0.222. The van der Waals surface area contributed by atoms with Gasteiger partial charge in [0.15, 0.2) is 0 Å². The van der Waals surface area contributed by atoms with E-state index >= 15 is 0 Å². The molecule has 178 valence electrons. The number of aromatic nitrogens is 5. The number of anilines is 1. The normalized spacial score (nSPS) is 11.2. The number of nitrogens with one attached hydrogen (secondary N) is 1. The van der Waals surface area contributed by atoms with Crippen molar-refractivity contribution in [2.24, 2.45) is 7.05 Å². The molecule has 0 unspecified atom stereocenters. The Bertz CT molecular complexity index is 1500. The molecule has 8 heteroatoms. The average molecular weight is 471 g/mol. The molecule has 0 saturated carbocycles. The third-order valence-corrected chi connectivity index (χ3v) is 6.34. The largest absolute Gasteiger partial charge is 0.496 e. The van der Waals surface area contributed by atoms with Crippen LogP contribution in [0.5, 0.6) is 5.75 Å². The van der Waals surface area contributed by atoms with Gasteiger partial charge < -0.3 is 19.2 Å². The zero-order chi connectivity index (χ0) is 24.5. The van der Waals surface area contributed by atoms with Crippen molar-refractivity contribution in [1.82, 2.24) is 24.1 Å². The molecule has 1 N–H and O–H groups in total. The summed E-state index contributed by atoms with van der Waals surface area (Å²) >= 11 is 0. The van der Waals surface area contributed by atoms with Crippen LogP contribution in [0.15, 0.2) is 61.1 Å². The van der Waals surface area contributed by atoms with Crippen molar-refractivity contribution >= 4 is 16.7 Å². The van der Waals surface area contributed by atoms with E-state index in [1.165, 1.54) is 6.07 Å². The number of rotatable bonds is 7. The van der Waals surface area contributed by atoms with Gasteiger partial charge in [0.25, 0.3) is 0 Å². The van der Waals surface area contributed by atoms with Crippen molar-refractivity contribution < 1.29 is 9.13 Å². The average Bonchev–Trinajstić information content (AvgIpc) is 3.37. The molecule has 5 aromatic rings. The lowest BCUT2D eigenvalue weighted by Gasteiger charge is -2.11.